The summed E-state index contributed by atoms with van der Waals surface area (Å²) in [5.41, 5.74) is 0.964. The summed E-state index contributed by atoms with van der Waals surface area (Å²) < 4.78 is 10.4. The molecule has 8 nitrogen and oxygen atoms in total. The Bertz CT molecular complexity index is 913. The molecule has 0 aromatic heterocycles. The molecule has 1 aliphatic heterocycles. The normalized spacial score (nSPS) is 13.3. The van der Waals surface area contributed by atoms with Crippen molar-refractivity contribution in [3.05, 3.63) is 51.0 Å². The van der Waals surface area contributed by atoms with E-state index in [1.54, 1.807) is 12.1 Å². The second kappa shape index (κ2) is 8.35. The number of benzene rings is 2. The molecule has 0 saturated carbocycles. The molecule has 0 unspecified atom stereocenters. The zero-order valence-electron chi connectivity index (χ0n) is 15.5. The summed E-state index contributed by atoms with van der Waals surface area (Å²) in [4.78, 5) is 25.7. The Labute approximate surface area is 167 Å². The molecule has 1 aliphatic rings. The molecule has 9 heteroatoms. The fourth-order valence-corrected chi connectivity index (χ4v) is 3.42. The molecule has 148 valence electrons. The number of nitro benzene ring substituents is 1. The fraction of sp³-hybridized carbons (Fsp3) is 0.316. The molecule has 28 heavy (non-hydrogen) atoms. The minimum atomic E-state index is -0.501. The number of carbonyl (C=O) groups excluding carboxylic acids is 1. The van der Waals surface area contributed by atoms with Crippen LogP contribution in [0.5, 0.6) is 11.5 Å². The number of nitrogens with one attached hydrogen (secondary N) is 1. The second-order valence-corrected chi connectivity index (χ2v) is 6.70. The van der Waals surface area contributed by atoms with Gasteiger partial charge in [0.2, 0.25) is 0 Å². The molecule has 1 fully saturated rings. The molecular weight excluding hydrogens is 386 g/mol. The van der Waals surface area contributed by atoms with E-state index in [2.05, 4.69) is 5.32 Å². The van der Waals surface area contributed by atoms with Gasteiger partial charge in [0, 0.05) is 36.9 Å². The molecule has 0 atom stereocenters. The van der Waals surface area contributed by atoms with Crippen molar-refractivity contribution in [1.82, 2.24) is 0 Å². The Morgan fingerprint density at radius 2 is 1.82 bits per heavy atom. The van der Waals surface area contributed by atoms with Crippen LogP contribution in [-0.2, 0) is 0 Å². The number of rotatable bonds is 6. The lowest BCUT2D eigenvalue weighted by Gasteiger charge is -2.18. The molecule has 1 heterocycles. The number of carbonyl (C=O) groups is 1. The lowest BCUT2D eigenvalue weighted by Crippen LogP contribution is -2.20. The zero-order chi connectivity index (χ0) is 20.3. The van der Waals surface area contributed by atoms with E-state index in [1.807, 2.05) is 4.90 Å². The average Bonchev–Trinajstić information content (AvgIpc) is 3.23. The molecular formula is C19H20ClN3O5. The van der Waals surface area contributed by atoms with Gasteiger partial charge in [0.15, 0.2) is 0 Å². The van der Waals surface area contributed by atoms with Crippen LogP contribution < -0.4 is 19.7 Å². The number of amides is 1. The SMILES string of the molecule is COc1cc(NC(=O)c2ccc(N3CCCC3)c([N+](=O)[O-])c2)c(OC)cc1Cl. The summed E-state index contributed by atoms with van der Waals surface area (Å²) in [7, 11) is 2.91. The van der Waals surface area contributed by atoms with Crippen molar-refractivity contribution in [2.75, 3.05) is 37.5 Å². The third-order valence-electron chi connectivity index (χ3n) is 4.60. The second-order valence-electron chi connectivity index (χ2n) is 6.30. The summed E-state index contributed by atoms with van der Waals surface area (Å²) in [6.45, 7) is 1.54. The number of nitro groups is 1. The number of hydrogen-bond donors (Lipinski definition) is 1. The molecule has 1 amide bonds. The third-order valence-corrected chi connectivity index (χ3v) is 4.90. The van der Waals surface area contributed by atoms with E-state index in [0.29, 0.717) is 27.9 Å². The Hall–Kier alpha value is -3.00. The first-order chi connectivity index (χ1) is 13.4. The number of methoxy groups -OCH3 is 2. The van der Waals surface area contributed by atoms with Gasteiger partial charge in [0.05, 0.1) is 29.9 Å². The fourth-order valence-electron chi connectivity index (χ4n) is 3.19. The maximum absolute atomic E-state index is 12.7. The minimum absolute atomic E-state index is 0.0878. The zero-order valence-corrected chi connectivity index (χ0v) is 16.3. The highest BCUT2D eigenvalue weighted by Gasteiger charge is 2.24. The van der Waals surface area contributed by atoms with Crippen LogP contribution in [0.3, 0.4) is 0 Å². The number of nitrogens with zero attached hydrogens (tertiary/aromatic N) is 2. The predicted octanol–water partition coefficient (Wildman–Crippen LogP) is 4.12. The molecule has 1 saturated heterocycles. The highest BCUT2D eigenvalue weighted by molar-refractivity contribution is 6.32. The van der Waals surface area contributed by atoms with Crippen molar-refractivity contribution in [2.45, 2.75) is 12.8 Å². The van der Waals surface area contributed by atoms with Crippen molar-refractivity contribution in [2.24, 2.45) is 0 Å². The summed E-state index contributed by atoms with van der Waals surface area (Å²) in [6, 6.07) is 7.55. The van der Waals surface area contributed by atoms with Gasteiger partial charge in [-0.2, -0.15) is 0 Å². The van der Waals surface area contributed by atoms with Gasteiger partial charge in [-0.1, -0.05) is 11.6 Å². The lowest BCUT2D eigenvalue weighted by atomic mass is 10.1. The first kappa shape index (κ1) is 19.8. The highest BCUT2D eigenvalue weighted by Crippen LogP contribution is 2.36. The maximum atomic E-state index is 12.7. The van der Waals surface area contributed by atoms with Crippen molar-refractivity contribution < 1.29 is 19.2 Å². The van der Waals surface area contributed by atoms with Crippen molar-refractivity contribution in [1.29, 1.82) is 0 Å². The topological polar surface area (TPSA) is 93.9 Å². The first-order valence-electron chi connectivity index (χ1n) is 8.71. The number of hydrogen-bond acceptors (Lipinski definition) is 6. The van der Waals surface area contributed by atoms with E-state index in [9.17, 15) is 14.9 Å². The van der Waals surface area contributed by atoms with Crippen molar-refractivity contribution >= 4 is 34.6 Å². The van der Waals surface area contributed by atoms with Gasteiger partial charge in [-0.3, -0.25) is 14.9 Å². The van der Waals surface area contributed by atoms with Gasteiger partial charge in [-0.25, -0.2) is 0 Å². The van der Waals surface area contributed by atoms with Crippen LogP contribution in [0, 0.1) is 10.1 Å². The highest BCUT2D eigenvalue weighted by atomic mass is 35.5. The molecule has 2 aromatic carbocycles. The Morgan fingerprint density at radius 1 is 1.14 bits per heavy atom. The molecule has 0 spiro atoms. The van der Waals surface area contributed by atoms with E-state index in [0.717, 1.165) is 25.9 Å². The van der Waals surface area contributed by atoms with Crippen LogP contribution in [0.25, 0.3) is 0 Å². The summed E-state index contributed by atoms with van der Waals surface area (Å²) >= 11 is 6.07. The van der Waals surface area contributed by atoms with Gasteiger partial charge in [-0.05, 0) is 25.0 Å². The Kier molecular flexibility index (Phi) is 5.89. The number of halogens is 1. The monoisotopic (exact) mass is 405 g/mol. The summed E-state index contributed by atoms with van der Waals surface area (Å²) in [6.07, 6.45) is 2.00. The van der Waals surface area contributed by atoms with Crippen LogP contribution in [0.15, 0.2) is 30.3 Å². The maximum Gasteiger partial charge on any atom is 0.293 e. The van der Waals surface area contributed by atoms with E-state index >= 15 is 0 Å². The van der Waals surface area contributed by atoms with Crippen molar-refractivity contribution in [3.63, 3.8) is 0 Å². The molecule has 0 aliphatic carbocycles. The first-order valence-corrected chi connectivity index (χ1v) is 9.08. The lowest BCUT2D eigenvalue weighted by molar-refractivity contribution is -0.384. The van der Waals surface area contributed by atoms with Gasteiger partial charge in [0.1, 0.15) is 17.2 Å². The van der Waals surface area contributed by atoms with Gasteiger partial charge < -0.3 is 19.7 Å². The molecule has 0 radical (unpaired) electrons. The van der Waals surface area contributed by atoms with Crippen LogP contribution >= 0.6 is 11.6 Å². The molecule has 3 rings (SSSR count). The van der Waals surface area contributed by atoms with E-state index in [4.69, 9.17) is 21.1 Å². The predicted molar refractivity (Wildman–Crippen MR) is 107 cm³/mol. The Morgan fingerprint density at radius 3 is 2.43 bits per heavy atom. The van der Waals surface area contributed by atoms with Gasteiger partial charge >= 0.3 is 0 Å². The van der Waals surface area contributed by atoms with E-state index < -0.39 is 10.8 Å². The van der Waals surface area contributed by atoms with Gasteiger partial charge in [-0.15, -0.1) is 0 Å². The molecule has 2 aromatic rings. The summed E-state index contributed by atoms with van der Waals surface area (Å²) in [5.74, 6) is 0.217. The number of anilines is 2. The van der Waals surface area contributed by atoms with Crippen molar-refractivity contribution in [3.8, 4) is 11.5 Å². The number of ether oxygens (including phenoxy) is 2. The van der Waals surface area contributed by atoms with Crippen LogP contribution in [0.4, 0.5) is 17.1 Å². The van der Waals surface area contributed by atoms with E-state index in [-0.39, 0.29) is 11.3 Å². The smallest absolute Gasteiger partial charge is 0.293 e. The van der Waals surface area contributed by atoms with Crippen LogP contribution in [0.1, 0.15) is 23.2 Å². The average molecular weight is 406 g/mol. The molecule has 1 N–H and O–H groups in total. The van der Waals surface area contributed by atoms with E-state index in [1.165, 1.54) is 32.4 Å². The van der Waals surface area contributed by atoms with Crippen LogP contribution in [-0.4, -0.2) is 38.1 Å². The third kappa shape index (κ3) is 3.96. The standard InChI is InChI=1S/C19H20ClN3O5/c1-27-17-11-14(18(28-2)10-13(17)20)21-19(24)12-5-6-15(16(9-12)23(25)26)22-7-3-4-8-22/h5-6,9-11H,3-4,7-8H2,1-2H3,(H,21,24). The summed E-state index contributed by atoms with van der Waals surface area (Å²) in [5, 5.41) is 14.6. The van der Waals surface area contributed by atoms with Crippen LogP contribution in [0.2, 0.25) is 5.02 Å². The minimum Gasteiger partial charge on any atom is -0.495 e. The molecule has 0 bridgehead atoms. The quantitative estimate of drug-likeness (QED) is 0.574. The van der Waals surface area contributed by atoms with Gasteiger partial charge in [0.25, 0.3) is 11.6 Å². The largest absolute Gasteiger partial charge is 0.495 e. The Balaban J connectivity index is 1.91.